The van der Waals surface area contributed by atoms with E-state index in [4.69, 9.17) is 0 Å². The Morgan fingerprint density at radius 1 is 1.24 bits per heavy atom. The number of ether oxygens (including phenoxy) is 1. The monoisotopic (exact) mass is 242 g/mol. The number of piperidine rings is 1. The van der Waals surface area contributed by atoms with Crippen LogP contribution < -0.4 is 5.32 Å². The van der Waals surface area contributed by atoms with Gasteiger partial charge < -0.3 is 15.0 Å². The molecule has 17 heavy (non-hydrogen) atoms. The fourth-order valence-electron chi connectivity index (χ4n) is 2.46. The largest absolute Gasteiger partial charge is 0.469 e. The Labute approximate surface area is 105 Å². The zero-order chi connectivity index (χ0) is 12.7. The van der Waals surface area contributed by atoms with E-state index >= 15 is 0 Å². The fraction of sp³-hybridized carbons (Fsp3) is 0.923. The average Bonchev–Trinajstić information content (AvgIpc) is 2.29. The first kappa shape index (κ1) is 14.5. The van der Waals surface area contributed by atoms with E-state index in [1.54, 1.807) is 0 Å². The molecule has 0 aromatic carbocycles. The van der Waals surface area contributed by atoms with E-state index in [1.807, 2.05) is 6.92 Å². The quantitative estimate of drug-likeness (QED) is 0.715. The number of nitrogens with zero attached hydrogens (tertiary/aromatic N) is 1. The van der Waals surface area contributed by atoms with Crippen LogP contribution in [0.2, 0.25) is 0 Å². The van der Waals surface area contributed by atoms with Crippen LogP contribution in [0.25, 0.3) is 0 Å². The molecule has 1 aliphatic rings. The molecule has 0 amide bonds. The van der Waals surface area contributed by atoms with Gasteiger partial charge in [0, 0.05) is 18.6 Å². The van der Waals surface area contributed by atoms with Crippen molar-refractivity contribution >= 4 is 5.97 Å². The van der Waals surface area contributed by atoms with Gasteiger partial charge in [-0.3, -0.25) is 4.79 Å². The number of carbonyl (C=O) groups excluding carboxylic acids is 1. The number of nitrogens with one attached hydrogen (secondary N) is 1. The third kappa shape index (κ3) is 6.03. The van der Waals surface area contributed by atoms with Crippen molar-refractivity contribution in [1.82, 2.24) is 10.2 Å². The van der Waals surface area contributed by atoms with E-state index in [9.17, 15) is 4.79 Å². The number of likely N-dealkylation sites (tertiary alicyclic amines) is 1. The predicted molar refractivity (Wildman–Crippen MR) is 69.0 cm³/mol. The summed E-state index contributed by atoms with van der Waals surface area (Å²) < 4.78 is 4.66. The van der Waals surface area contributed by atoms with Crippen LogP contribution in [-0.4, -0.2) is 49.7 Å². The molecule has 1 aliphatic heterocycles. The molecule has 1 N–H and O–H groups in total. The second-order valence-corrected chi connectivity index (χ2v) is 5.11. The van der Waals surface area contributed by atoms with Gasteiger partial charge in [-0.15, -0.1) is 0 Å². The lowest BCUT2D eigenvalue weighted by molar-refractivity contribution is -0.141. The summed E-state index contributed by atoms with van der Waals surface area (Å²) in [5, 5.41) is 3.45. The Kier molecular flexibility index (Phi) is 6.52. The first-order chi connectivity index (χ1) is 8.11. The van der Waals surface area contributed by atoms with Crippen molar-refractivity contribution in [3.63, 3.8) is 0 Å². The second-order valence-electron chi connectivity index (χ2n) is 5.11. The van der Waals surface area contributed by atoms with Crippen molar-refractivity contribution in [3.8, 4) is 0 Å². The zero-order valence-corrected chi connectivity index (χ0v) is 11.4. The molecule has 0 spiro atoms. The van der Waals surface area contributed by atoms with Crippen LogP contribution in [0.4, 0.5) is 0 Å². The van der Waals surface area contributed by atoms with Gasteiger partial charge in [0.1, 0.15) is 0 Å². The third-order valence-corrected chi connectivity index (χ3v) is 3.25. The summed E-state index contributed by atoms with van der Waals surface area (Å²) in [5.74, 6) is -0.143. The summed E-state index contributed by atoms with van der Waals surface area (Å²) in [4.78, 5) is 13.6. The lowest BCUT2D eigenvalue weighted by Crippen LogP contribution is -2.45. The molecule has 100 valence electrons. The van der Waals surface area contributed by atoms with E-state index in [1.165, 1.54) is 39.5 Å². The SMILES string of the molecule is COC(=O)CC(C)NC(C)CN1CCCCC1. The standard InChI is InChI=1S/C13H26N2O2/c1-11(9-13(16)17-3)14-12(2)10-15-7-5-4-6-8-15/h11-12,14H,4-10H2,1-3H3. The minimum Gasteiger partial charge on any atom is -0.469 e. The van der Waals surface area contributed by atoms with E-state index in [0.29, 0.717) is 12.5 Å². The fourth-order valence-corrected chi connectivity index (χ4v) is 2.46. The average molecular weight is 242 g/mol. The first-order valence-corrected chi connectivity index (χ1v) is 6.67. The predicted octanol–water partition coefficient (Wildman–Crippen LogP) is 1.40. The van der Waals surface area contributed by atoms with Gasteiger partial charge in [0.25, 0.3) is 0 Å². The van der Waals surface area contributed by atoms with Crippen LogP contribution in [0.1, 0.15) is 39.5 Å². The van der Waals surface area contributed by atoms with Gasteiger partial charge in [-0.1, -0.05) is 6.42 Å². The summed E-state index contributed by atoms with van der Waals surface area (Å²) in [7, 11) is 1.44. The van der Waals surface area contributed by atoms with Crippen LogP contribution in [-0.2, 0) is 9.53 Å². The van der Waals surface area contributed by atoms with Crippen molar-refractivity contribution in [3.05, 3.63) is 0 Å². The molecule has 0 aromatic heterocycles. The molecule has 2 unspecified atom stereocenters. The number of carbonyl (C=O) groups is 1. The zero-order valence-electron chi connectivity index (χ0n) is 11.4. The van der Waals surface area contributed by atoms with Gasteiger partial charge >= 0.3 is 5.97 Å². The molecule has 2 atom stereocenters. The first-order valence-electron chi connectivity index (χ1n) is 6.67. The summed E-state index contributed by atoms with van der Waals surface area (Å²) in [6.07, 6.45) is 4.47. The Hall–Kier alpha value is -0.610. The highest BCUT2D eigenvalue weighted by Gasteiger charge is 2.16. The Morgan fingerprint density at radius 3 is 2.47 bits per heavy atom. The van der Waals surface area contributed by atoms with Gasteiger partial charge in [-0.25, -0.2) is 0 Å². The molecule has 1 rings (SSSR count). The maximum Gasteiger partial charge on any atom is 0.307 e. The molecule has 1 fully saturated rings. The van der Waals surface area contributed by atoms with Crippen molar-refractivity contribution in [2.45, 2.75) is 51.6 Å². The maximum absolute atomic E-state index is 11.1. The van der Waals surface area contributed by atoms with E-state index < -0.39 is 0 Å². The van der Waals surface area contributed by atoms with Crippen LogP contribution in [0.15, 0.2) is 0 Å². The number of hydrogen-bond acceptors (Lipinski definition) is 4. The van der Waals surface area contributed by atoms with Gasteiger partial charge in [0.05, 0.1) is 13.5 Å². The number of hydrogen-bond donors (Lipinski definition) is 1. The highest BCUT2D eigenvalue weighted by Crippen LogP contribution is 2.09. The second kappa shape index (κ2) is 7.67. The molecule has 1 saturated heterocycles. The topological polar surface area (TPSA) is 41.6 Å². The van der Waals surface area contributed by atoms with Crippen LogP contribution in [0.3, 0.4) is 0 Å². The highest BCUT2D eigenvalue weighted by molar-refractivity contribution is 5.69. The van der Waals surface area contributed by atoms with E-state index in [0.717, 1.165) is 6.54 Å². The maximum atomic E-state index is 11.1. The Balaban J connectivity index is 2.18. The number of methoxy groups -OCH3 is 1. The van der Waals surface area contributed by atoms with Crippen molar-refractivity contribution < 1.29 is 9.53 Å². The lowest BCUT2D eigenvalue weighted by atomic mass is 10.1. The minimum absolute atomic E-state index is 0.143. The van der Waals surface area contributed by atoms with Crippen LogP contribution in [0, 0.1) is 0 Å². The molecule has 0 radical (unpaired) electrons. The minimum atomic E-state index is -0.143. The molecule has 0 aromatic rings. The molecular weight excluding hydrogens is 216 g/mol. The summed E-state index contributed by atoms with van der Waals surface area (Å²) in [6.45, 7) is 7.73. The molecule has 1 heterocycles. The van der Waals surface area contributed by atoms with Crippen molar-refractivity contribution in [2.75, 3.05) is 26.7 Å². The van der Waals surface area contributed by atoms with Gasteiger partial charge in [0.2, 0.25) is 0 Å². The third-order valence-electron chi connectivity index (χ3n) is 3.25. The van der Waals surface area contributed by atoms with Gasteiger partial charge in [-0.05, 0) is 39.8 Å². The molecule has 4 nitrogen and oxygen atoms in total. The molecule has 0 bridgehead atoms. The highest BCUT2D eigenvalue weighted by atomic mass is 16.5. The van der Waals surface area contributed by atoms with Crippen molar-refractivity contribution in [1.29, 1.82) is 0 Å². The van der Waals surface area contributed by atoms with Gasteiger partial charge in [-0.2, -0.15) is 0 Å². The number of esters is 1. The van der Waals surface area contributed by atoms with E-state index in [-0.39, 0.29) is 12.0 Å². The number of rotatable bonds is 6. The summed E-state index contributed by atoms with van der Waals surface area (Å²) in [5.41, 5.74) is 0. The summed E-state index contributed by atoms with van der Waals surface area (Å²) in [6, 6.07) is 0.606. The van der Waals surface area contributed by atoms with Crippen molar-refractivity contribution in [2.24, 2.45) is 0 Å². The summed E-state index contributed by atoms with van der Waals surface area (Å²) >= 11 is 0. The van der Waals surface area contributed by atoms with Crippen LogP contribution >= 0.6 is 0 Å². The Morgan fingerprint density at radius 2 is 1.88 bits per heavy atom. The molecule has 0 aliphatic carbocycles. The van der Waals surface area contributed by atoms with E-state index in [2.05, 4.69) is 21.9 Å². The van der Waals surface area contributed by atoms with Gasteiger partial charge in [0.15, 0.2) is 0 Å². The normalized spacial score (nSPS) is 20.9. The smallest absolute Gasteiger partial charge is 0.307 e. The Bertz CT molecular complexity index is 227. The molecule has 0 saturated carbocycles. The van der Waals surface area contributed by atoms with Crippen LogP contribution in [0.5, 0.6) is 0 Å². The lowest BCUT2D eigenvalue weighted by Gasteiger charge is -2.30. The molecular formula is C13H26N2O2. The molecule has 4 heteroatoms.